The minimum Gasteiger partial charge on any atom is -0.493 e. The van der Waals surface area contributed by atoms with E-state index in [2.05, 4.69) is 26.1 Å². The molecule has 10 nitrogen and oxygen atoms in total. The third-order valence-corrected chi connectivity index (χ3v) is 8.70. The summed E-state index contributed by atoms with van der Waals surface area (Å²) in [6, 6.07) is 21.7. The van der Waals surface area contributed by atoms with Crippen molar-refractivity contribution in [3.8, 4) is 40.0 Å². The van der Waals surface area contributed by atoms with Gasteiger partial charge in [0.15, 0.2) is 17.1 Å². The van der Waals surface area contributed by atoms with Crippen LogP contribution in [0.15, 0.2) is 77.5 Å². The molecule has 12 heteroatoms. The fourth-order valence-corrected chi connectivity index (χ4v) is 6.26. The van der Waals surface area contributed by atoms with Crippen LogP contribution in [0.25, 0.3) is 28.0 Å². The first kappa shape index (κ1) is 33.7. The summed E-state index contributed by atoms with van der Waals surface area (Å²) in [6.07, 6.45) is 2.60. The van der Waals surface area contributed by atoms with E-state index in [9.17, 15) is 10.1 Å². The van der Waals surface area contributed by atoms with Crippen molar-refractivity contribution in [2.45, 2.75) is 51.9 Å². The highest BCUT2D eigenvalue weighted by Crippen LogP contribution is 2.41. The first-order valence-electron chi connectivity index (χ1n) is 15.9. The first-order valence-corrected chi connectivity index (χ1v) is 16.7. The Morgan fingerprint density at radius 2 is 1.80 bits per heavy atom. The van der Waals surface area contributed by atoms with Gasteiger partial charge in [-0.15, -0.1) is 0 Å². The lowest BCUT2D eigenvalue weighted by atomic mass is 9.98. The lowest BCUT2D eigenvalue weighted by Crippen LogP contribution is -2.46. The molecule has 3 aromatic carbocycles. The average Bonchev–Trinajstić information content (AvgIpc) is 3.47. The third-order valence-electron chi connectivity index (χ3n) is 8.14. The van der Waals surface area contributed by atoms with Crippen LogP contribution in [-0.2, 0) is 11.3 Å². The van der Waals surface area contributed by atoms with E-state index < -0.39 is 17.5 Å². The van der Waals surface area contributed by atoms with Crippen molar-refractivity contribution in [3.63, 3.8) is 0 Å². The van der Waals surface area contributed by atoms with Gasteiger partial charge >= 0.3 is 6.09 Å². The molecule has 3 heterocycles. The monoisotopic (exact) mass is 726 g/mol. The number of hydrogen-bond acceptors (Lipinski definition) is 8. The van der Waals surface area contributed by atoms with E-state index in [0.29, 0.717) is 77.1 Å². The first-order chi connectivity index (χ1) is 23.5. The number of amides is 1. The maximum atomic E-state index is 15.1. The number of nitrogens with one attached hydrogen (secondary N) is 1. The van der Waals surface area contributed by atoms with E-state index >= 15 is 4.39 Å². The summed E-state index contributed by atoms with van der Waals surface area (Å²) >= 11 is 3.68. The zero-order valence-electron chi connectivity index (χ0n) is 27.7. The van der Waals surface area contributed by atoms with E-state index in [0.717, 1.165) is 11.1 Å². The second-order valence-electron chi connectivity index (χ2n) is 12.7. The molecular formula is C37H36BrFN6O4. The molecule has 252 valence electrons. The van der Waals surface area contributed by atoms with Gasteiger partial charge in [-0.25, -0.2) is 19.2 Å². The number of carbonyl (C=O) groups excluding carboxylic acids is 1. The van der Waals surface area contributed by atoms with Crippen molar-refractivity contribution in [2.24, 2.45) is 0 Å². The molecule has 49 heavy (non-hydrogen) atoms. The highest BCUT2D eigenvalue weighted by Gasteiger charge is 2.29. The Hall–Kier alpha value is -5.15. The number of piperidine rings is 1. The predicted octanol–water partition coefficient (Wildman–Crippen LogP) is 7.92. The molecule has 1 saturated heterocycles. The summed E-state index contributed by atoms with van der Waals surface area (Å²) in [5.41, 5.74) is 3.28. The maximum absolute atomic E-state index is 15.1. The van der Waals surface area contributed by atoms with E-state index in [1.54, 1.807) is 19.4 Å². The van der Waals surface area contributed by atoms with Gasteiger partial charge in [-0.05, 0) is 84.9 Å². The topological polar surface area (TPSA) is 114 Å². The van der Waals surface area contributed by atoms with Gasteiger partial charge in [0.25, 0.3) is 0 Å². The zero-order chi connectivity index (χ0) is 34.7. The number of methoxy groups -OCH3 is 1. The Labute approximate surface area is 292 Å². The molecule has 0 saturated carbocycles. The van der Waals surface area contributed by atoms with Crippen molar-refractivity contribution < 1.29 is 23.4 Å². The number of nitriles is 1. The van der Waals surface area contributed by atoms with Gasteiger partial charge in [0.2, 0.25) is 5.95 Å². The Kier molecular flexibility index (Phi) is 9.74. The number of benzene rings is 3. The highest BCUT2D eigenvalue weighted by atomic mass is 79.9. The number of halogens is 2. The quantitative estimate of drug-likeness (QED) is 0.172. The maximum Gasteiger partial charge on any atom is 0.407 e. The molecule has 0 spiro atoms. The fraction of sp³-hybridized carbons (Fsp3) is 0.297. The fourth-order valence-electron chi connectivity index (χ4n) is 5.83. The van der Waals surface area contributed by atoms with Crippen LogP contribution in [0.1, 0.15) is 44.7 Å². The summed E-state index contributed by atoms with van der Waals surface area (Å²) in [5, 5.41) is 12.4. The number of carbonyl (C=O) groups is 1. The minimum absolute atomic E-state index is 0.0595. The molecule has 1 aliphatic rings. The molecular weight excluding hydrogens is 691 g/mol. The Morgan fingerprint density at radius 1 is 1.06 bits per heavy atom. The molecule has 0 aliphatic carbocycles. The van der Waals surface area contributed by atoms with Crippen LogP contribution >= 0.6 is 15.9 Å². The molecule has 2 aromatic heterocycles. The largest absolute Gasteiger partial charge is 0.493 e. The molecule has 6 rings (SSSR count). The molecule has 5 aromatic rings. The number of anilines is 1. The number of nitrogens with zero attached hydrogens (tertiary/aromatic N) is 5. The van der Waals surface area contributed by atoms with Crippen molar-refractivity contribution in [2.75, 3.05) is 25.1 Å². The summed E-state index contributed by atoms with van der Waals surface area (Å²) < 4.78 is 35.1. The molecule has 0 bridgehead atoms. The lowest BCUT2D eigenvalue weighted by Gasteiger charge is -2.34. The molecule has 1 N–H and O–H groups in total. The van der Waals surface area contributed by atoms with Crippen molar-refractivity contribution in [1.29, 1.82) is 5.26 Å². The van der Waals surface area contributed by atoms with Crippen LogP contribution in [0.4, 0.5) is 15.1 Å². The number of fused-ring (bicyclic) bond motifs is 1. The van der Waals surface area contributed by atoms with Gasteiger partial charge < -0.3 is 24.4 Å². The zero-order valence-corrected chi connectivity index (χ0v) is 29.3. The SMILES string of the molecule is COc1ccc(-c2c(-c3ccc(C#N)c(F)c3)nc(N3CCC(NC(=O)OC(C)(C)C)CC3)n3c(Br)cnc23)cc1OCc1ccccc1. The smallest absolute Gasteiger partial charge is 0.407 e. The molecule has 1 aliphatic heterocycles. The molecule has 1 fully saturated rings. The van der Waals surface area contributed by atoms with Crippen molar-refractivity contribution >= 4 is 33.6 Å². The van der Waals surface area contributed by atoms with Crippen LogP contribution in [0.3, 0.4) is 0 Å². The van der Waals surface area contributed by atoms with Gasteiger partial charge in [-0.2, -0.15) is 5.26 Å². The van der Waals surface area contributed by atoms with E-state index in [-0.39, 0.29) is 11.6 Å². The highest BCUT2D eigenvalue weighted by molar-refractivity contribution is 9.10. The molecule has 1 amide bonds. The summed E-state index contributed by atoms with van der Waals surface area (Å²) in [5.74, 6) is 1.04. The molecule has 0 radical (unpaired) electrons. The van der Waals surface area contributed by atoms with E-state index in [1.165, 1.54) is 12.1 Å². The van der Waals surface area contributed by atoms with E-state index in [4.69, 9.17) is 24.2 Å². The van der Waals surface area contributed by atoms with Crippen molar-refractivity contribution in [1.82, 2.24) is 19.7 Å². The van der Waals surface area contributed by atoms with Gasteiger partial charge in [0, 0.05) is 24.7 Å². The van der Waals surface area contributed by atoms with Crippen LogP contribution in [-0.4, -0.2) is 52.3 Å². The third kappa shape index (κ3) is 7.47. The Bertz CT molecular complexity index is 2030. The average molecular weight is 728 g/mol. The summed E-state index contributed by atoms with van der Waals surface area (Å²) in [4.78, 5) is 24.6. The van der Waals surface area contributed by atoms with Crippen LogP contribution in [0, 0.1) is 17.1 Å². The lowest BCUT2D eigenvalue weighted by molar-refractivity contribution is 0.0497. The van der Waals surface area contributed by atoms with Crippen LogP contribution in [0.2, 0.25) is 0 Å². The van der Waals surface area contributed by atoms with Crippen LogP contribution < -0.4 is 19.7 Å². The number of aromatic nitrogens is 3. The number of alkyl carbamates (subject to hydrolysis) is 1. The normalized spacial score (nSPS) is 13.6. The summed E-state index contributed by atoms with van der Waals surface area (Å²) in [6.45, 7) is 7.01. The van der Waals surface area contributed by atoms with Crippen LogP contribution in [0.5, 0.6) is 11.5 Å². The number of hydrogen-bond donors (Lipinski definition) is 1. The number of imidazole rings is 1. The Morgan fingerprint density at radius 3 is 2.47 bits per heavy atom. The Balaban J connectivity index is 1.43. The van der Waals surface area contributed by atoms with Gasteiger partial charge in [-0.3, -0.25) is 4.40 Å². The van der Waals surface area contributed by atoms with Gasteiger partial charge in [-0.1, -0.05) is 42.5 Å². The molecule has 0 atom stereocenters. The van der Waals surface area contributed by atoms with E-state index in [1.807, 2.05) is 79.8 Å². The second-order valence-corrected chi connectivity index (χ2v) is 13.5. The number of ether oxygens (including phenoxy) is 3. The summed E-state index contributed by atoms with van der Waals surface area (Å²) in [7, 11) is 1.59. The predicted molar refractivity (Wildman–Crippen MR) is 188 cm³/mol. The van der Waals surface area contributed by atoms with Gasteiger partial charge in [0.05, 0.1) is 30.1 Å². The number of rotatable bonds is 8. The minimum atomic E-state index is -0.644. The standard InChI is InChI=1S/C37H36BrFN6O4/c1-37(2,3)49-36(46)42-27-14-16-44(17-15-27)35-43-33(25-10-11-26(20-40)28(39)18-25)32(34-41-21-31(38)45(34)35)24-12-13-29(47-4)30(19-24)48-22-23-8-6-5-7-9-23/h5-13,18-19,21,27H,14-17,22H2,1-4H3,(H,42,46). The second kappa shape index (κ2) is 14.1. The molecule has 0 unspecified atom stereocenters. The van der Waals surface area contributed by atoms with Gasteiger partial charge in [0.1, 0.15) is 28.7 Å². The van der Waals surface area contributed by atoms with Crippen molar-refractivity contribution in [3.05, 3.63) is 94.5 Å².